The average molecular weight is 551 g/mol. The second-order valence-corrected chi connectivity index (χ2v) is 8.87. The van der Waals surface area contributed by atoms with Gasteiger partial charge in [0.05, 0.1) is 12.6 Å². The van der Waals surface area contributed by atoms with E-state index in [0.29, 0.717) is 5.56 Å². The Morgan fingerprint density at radius 2 is 1.63 bits per heavy atom. The number of aliphatic hydroxyl groups is 1. The number of aromatic amines is 1. The number of amides is 3. The maximum atomic E-state index is 13.1. The first-order chi connectivity index (χ1) is 18.1. The maximum Gasteiger partial charge on any atom is 0.326 e. The minimum Gasteiger partial charge on any atom is -0.480 e. The van der Waals surface area contributed by atoms with E-state index in [0.717, 1.165) is 10.9 Å². The average Bonchev–Trinajstić information content (AvgIpc) is 3.30. The van der Waals surface area contributed by atoms with Gasteiger partial charge in [0.25, 0.3) is 0 Å². The molecule has 208 valence electrons. The number of fused-ring (bicyclic) bond motifs is 1. The van der Waals surface area contributed by atoms with Gasteiger partial charge >= 0.3 is 5.97 Å². The van der Waals surface area contributed by atoms with Gasteiger partial charge in [0, 0.05) is 35.8 Å². The number of rotatable bonds is 15. The summed E-state index contributed by atoms with van der Waals surface area (Å²) in [7, 11) is 0. The number of aromatic nitrogens is 1. The highest BCUT2D eigenvalue weighted by Gasteiger charge is 2.30. The number of nitrogens with zero attached hydrogens (tertiary/aromatic N) is 1. The summed E-state index contributed by atoms with van der Waals surface area (Å²) in [5.41, 5.74) is 17.7. The Hall–Kier alpha value is -3.82. The lowest BCUT2D eigenvalue weighted by Crippen LogP contribution is -2.58. The highest BCUT2D eigenvalue weighted by atomic mass is 32.1. The zero-order valence-electron chi connectivity index (χ0n) is 20.6. The van der Waals surface area contributed by atoms with Gasteiger partial charge in [-0.05, 0) is 24.5 Å². The van der Waals surface area contributed by atoms with Gasteiger partial charge in [-0.25, -0.2) is 4.79 Å². The molecule has 0 saturated carbocycles. The molecule has 0 spiro atoms. The van der Waals surface area contributed by atoms with E-state index in [4.69, 9.17) is 17.2 Å². The number of carboxylic acid groups (broad SMARTS) is 1. The van der Waals surface area contributed by atoms with Crippen LogP contribution in [-0.2, 0) is 25.6 Å². The first kappa shape index (κ1) is 30.4. The predicted molar refractivity (Wildman–Crippen MR) is 144 cm³/mol. The van der Waals surface area contributed by atoms with Crippen molar-refractivity contribution in [2.24, 2.45) is 22.2 Å². The highest BCUT2D eigenvalue weighted by molar-refractivity contribution is 7.80. The lowest BCUT2D eigenvalue weighted by molar-refractivity contribution is -0.142. The summed E-state index contributed by atoms with van der Waals surface area (Å²) < 4.78 is 0. The summed E-state index contributed by atoms with van der Waals surface area (Å²) in [6, 6.07) is 2.39. The van der Waals surface area contributed by atoms with Crippen molar-refractivity contribution >= 4 is 53.2 Å². The number of para-hydroxylation sites is 1. The predicted octanol–water partition coefficient (Wildman–Crippen LogP) is -2.45. The third-order valence-corrected chi connectivity index (χ3v) is 6.03. The molecule has 0 fully saturated rings. The molecule has 3 amide bonds. The number of nitrogens with one attached hydrogen (secondary N) is 4. The maximum absolute atomic E-state index is 13.1. The standard InChI is InChI=1S/C23H34N8O6S/c24-14(11-38)19(33)31-18(10-32)21(35)29-16(6-3-7-27-23(25)26)20(34)30-17(22(36)37)8-12-9-28-15-5-2-1-4-13(12)15/h1-2,4-5,9,14,16-18,28,32,38H,3,6-8,10-11,24H2,(H,29,35)(H,30,34)(H,31,33)(H,36,37)(H4,25,26,27). The van der Waals surface area contributed by atoms with Gasteiger partial charge in [-0.3, -0.25) is 19.4 Å². The highest BCUT2D eigenvalue weighted by Crippen LogP contribution is 2.19. The van der Waals surface area contributed by atoms with Crippen molar-refractivity contribution < 1.29 is 29.4 Å². The molecule has 14 nitrogen and oxygen atoms in total. The SMILES string of the molecule is NC(N)=NCCCC(NC(=O)C(CO)NC(=O)C(N)CS)C(=O)NC(Cc1c[nH]c2ccccc12)C(=O)O. The van der Waals surface area contributed by atoms with E-state index in [-0.39, 0.29) is 37.5 Å². The number of carboxylic acids is 1. The second kappa shape index (κ2) is 14.8. The quantitative estimate of drug-likeness (QED) is 0.0488. The molecule has 0 saturated heterocycles. The minimum absolute atomic E-state index is 0.00836. The molecule has 0 aliphatic carbocycles. The fourth-order valence-electron chi connectivity index (χ4n) is 3.59. The topological polar surface area (TPSA) is 251 Å². The molecule has 38 heavy (non-hydrogen) atoms. The fraction of sp³-hybridized carbons (Fsp3) is 0.435. The van der Waals surface area contributed by atoms with E-state index in [1.807, 2.05) is 24.3 Å². The lowest BCUT2D eigenvalue weighted by Gasteiger charge is -2.24. The van der Waals surface area contributed by atoms with Gasteiger partial charge in [0.1, 0.15) is 18.1 Å². The fourth-order valence-corrected chi connectivity index (χ4v) is 3.76. The summed E-state index contributed by atoms with van der Waals surface area (Å²) in [6.07, 6.45) is 1.95. The largest absolute Gasteiger partial charge is 0.480 e. The van der Waals surface area contributed by atoms with Crippen molar-refractivity contribution in [1.82, 2.24) is 20.9 Å². The Morgan fingerprint density at radius 1 is 1.00 bits per heavy atom. The van der Waals surface area contributed by atoms with Crippen molar-refractivity contribution in [2.75, 3.05) is 18.9 Å². The van der Waals surface area contributed by atoms with Crippen LogP contribution in [0.2, 0.25) is 0 Å². The summed E-state index contributed by atoms with van der Waals surface area (Å²) in [5.74, 6) is -3.76. The van der Waals surface area contributed by atoms with Crippen LogP contribution in [0.4, 0.5) is 0 Å². The van der Waals surface area contributed by atoms with E-state index in [2.05, 4.69) is 38.6 Å². The van der Waals surface area contributed by atoms with Gasteiger partial charge in [0.2, 0.25) is 17.7 Å². The molecule has 0 aliphatic rings. The first-order valence-corrected chi connectivity index (χ1v) is 12.4. The van der Waals surface area contributed by atoms with Crippen LogP contribution in [0.15, 0.2) is 35.5 Å². The van der Waals surface area contributed by atoms with Crippen LogP contribution in [0, 0.1) is 0 Å². The van der Waals surface area contributed by atoms with Crippen molar-refractivity contribution in [3.05, 3.63) is 36.0 Å². The Labute approximate surface area is 224 Å². The Kier molecular flexibility index (Phi) is 11.8. The number of guanidine groups is 1. The lowest BCUT2D eigenvalue weighted by atomic mass is 10.0. The van der Waals surface area contributed by atoms with E-state index in [9.17, 15) is 29.4 Å². The molecule has 2 aromatic rings. The number of aliphatic carboxylic acids is 1. The monoisotopic (exact) mass is 550 g/mol. The molecule has 12 N–H and O–H groups in total. The number of thiol groups is 1. The first-order valence-electron chi connectivity index (χ1n) is 11.8. The number of benzene rings is 1. The van der Waals surface area contributed by atoms with Gasteiger partial charge < -0.3 is 48.3 Å². The van der Waals surface area contributed by atoms with E-state index in [1.165, 1.54) is 0 Å². The summed E-state index contributed by atoms with van der Waals surface area (Å²) in [4.78, 5) is 56.9. The number of carbonyl (C=O) groups is 4. The number of aliphatic hydroxyl groups excluding tert-OH is 1. The number of hydrogen-bond acceptors (Lipinski definition) is 8. The van der Waals surface area contributed by atoms with Crippen molar-refractivity contribution in [3.63, 3.8) is 0 Å². The van der Waals surface area contributed by atoms with Crippen LogP contribution >= 0.6 is 12.6 Å². The summed E-state index contributed by atoms with van der Waals surface area (Å²) >= 11 is 3.92. The molecule has 4 unspecified atom stereocenters. The van der Waals surface area contributed by atoms with Gasteiger partial charge in [-0.1, -0.05) is 18.2 Å². The molecule has 0 aliphatic heterocycles. The molecule has 15 heteroatoms. The van der Waals surface area contributed by atoms with Crippen LogP contribution in [-0.4, -0.2) is 87.9 Å². The van der Waals surface area contributed by atoms with E-state index in [1.54, 1.807) is 6.20 Å². The minimum atomic E-state index is -1.40. The Bertz CT molecular complexity index is 1150. The van der Waals surface area contributed by atoms with Crippen LogP contribution in [0.1, 0.15) is 18.4 Å². The van der Waals surface area contributed by atoms with Crippen LogP contribution in [0.3, 0.4) is 0 Å². The number of nitrogens with two attached hydrogens (primary N) is 3. The summed E-state index contributed by atoms with van der Waals surface area (Å²) in [5, 5.41) is 27.4. The number of H-pyrrole nitrogens is 1. The van der Waals surface area contributed by atoms with Crippen molar-refractivity contribution in [2.45, 2.75) is 43.4 Å². The number of hydrogen-bond donors (Lipinski definition) is 10. The number of aliphatic imine (C=N–C) groups is 1. The molecular formula is C23H34N8O6S. The molecule has 2 rings (SSSR count). The third kappa shape index (κ3) is 8.93. The van der Waals surface area contributed by atoms with Crippen LogP contribution in [0.5, 0.6) is 0 Å². The molecule has 1 aromatic carbocycles. The molecule has 1 aromatic heterocycles. The normalized spacial score (nSPS) is 14.1. The smallest absolute Gasteiger partial charge is 0.326 e. The molecule has 4 atom stereocenters. The second-order valence-electron chi connectivity index (χ2n) is 8.51. The summed E-state index contributed by atoms with van der Waals surface area (Å²) in [6.45, 7) is -0.617. The van der Waals surface area contributed by atoms with Gasteiger partial charge in [-0.2, -0.15) is 12.6 Å². The van der Waals surface area contributed by atoms with E-state index < -0.39 is 54.5 Å². The zero-order chi connectivity index (χ0) is 28.2. The Morgan fingerprint density at radius 3 is 2.26 bits per heavy atom. The van der Waals surface area contributed by atoms with E-state index >= 15 is 0 Å². The zero-order valence-corrected chi connectivity index (χ0v) is 21.5. The number of carbonyl (C=O) groups excluding carboxylic acids is 3. The molecule has 0 bridgehead atoms. The molecule has 1 heterocycles. The molecular weight excluding hydrogens is 516 g/mol. The van der Waals surface area contributed by atoms with Crippen molar-refractivity contribution in [1.29, 1.82) is 0 Å². The third-order valence-electron chi connectivity index (χ3n) is 5.64. The van der Waals surface area contributed by atoms with Gasteiger partial charge in [0.15, 0.2) is 5.96 Å². The molecule has 0 radical (unpaired) electrons. The van der Waals surface area contributed by atoms with Crippen molar-refractivity contribution in [3.8, 4) is 0 Å². The van der Waals surface area contributed by atoms with Crippen LogP contribution in [0.25, 0.3) is 10.9 Å². The Balaban J connectivity index is 2.17. The van der Waals surface area contributed by atoms with Gasteiger partial charge in [-0.15, -0.1) is 0 Å². The van der Waals surface area contributed by atoms with Crippen LogP contribution < -0.4 is 33.2 Å².